The molecule has 0 radical (unpaired) electrons. The molecule has 41 heavy (non-hydrogen) atoms. The van der Waals surface area contributed by atoms with E-state index in [0.29, 0.717) is 37.2 Å². The van der Waals surface area contributed by atoms with Crippen LogP contribution in [0.4, 0.5) is 0 Å². The Hall–Kier alpha value is -2.72. The molecular weight excluding hydrogens is 549 g/mol. The van der Waals surface area contributed by atoms with Crippen molar-refractivity contribution in [1.29, 1.82) is 0 Å². The molecule has 0 saturated carbocycles. The highest BCUT2D eigenvalue weighted by molar-refractivity contribution is 6.75. The van der Waals surface area contributed by atoms with Gasteiger partial charge in [0.1, 0.15) is 11.5 Å². The third kappa shape index (κ3) is 9.67. The van der Waals surface area contributed by atoms with E-state index >= 15 is 0 Å². The molecule has 0 aromatic heterocycles. The van der Waals surface area contributed by atoms with E-state index in [1.165, 1.54) is 6.08 Å². The summed E-state index contributed by atoms with van der Waals surface area (Å²) < 4.78 is 24.1. The van der Waals surface area contributed by atoms with E-state index in [-0.39, 0.29) is 21.6 Å². The van der Waals surface area contributed by atoms with Crippen molar-refractivity contribution >= 4 is 22.4 Å². The number of methoxy groups -OCH3 is 2. The predicted octanol–water partition coefficient (Wildman–Crippen LogP) is 9.05. The second-order valence-corrected chi connectivity index (χ2v) is 23.2. The summed E-state index contributed by atoms with van der Waals surface area (Å²) in [7, 11) is -0.736. The lowest BCUT2D eigenvalue weighted by molar-refractivity contribution is -0.114. The number of allylic oxidation sites excluding steroid dienone is 2. The second-order valence-electron chi connectivity index (χ2n) is 13.8. The number of aryl methyl sites for hydroxylation is 2. The summed E-state index contributed by atoms with van der Waals surface area (Å²) in [5.74, 6) is 2.80. The Morgan fingerprint density at radius 3 is 1.46 bits per heavy atom. The molecule has 0 atom stereocenters. The molecule has 0 saturated heterocycles. The average molecular weight is 601 g/mol. The first-order valence-electron chi connectivity index (χ1n) is 14.4. The summed E-state index contributed by atoms with van der Waals surface area (Å²) in [6.07, 6.45) is 3.14. The van der Waals surface area contributed by atoms with Crippen molar-refractivity contribution in [2.24, 2.45) is 0 Å². The highest BCUT2D eigenvalue weighted by atomic mass is 28.4. The fraction of sp³-hybridized carbons (Fsp3) is 0.545. The van der Waals surface area contributed by atoms with E-state index < -0.39 is 16.6 Å². The largest absolute Gasteiger partial charge is 0.541 e. The van der Waals surface area contributed by atoms with Crippen molar-refractivity contribution in [2.75, 3.05) is 14.2 Å². The highest BCUT2D eigenvalue weighted by Gasteiger charge is 2.40. The van der Waals surface area contributed by atoms with E-state index in [1.807, 2.05) is 36.4 Å². The SMILES string of the molecule is COc1cc(CCC(=O)C=C(O)CCc2ccc(O[Si](C)(C)C(C)(C)C)c(OC)c2)ccc1O[Si](C)(C)C(C)(C)C. The molecule has 0 spiro atoms. The van der Waals surface area contributed by atoms with E-state index in [1.54, 1.807) is 14.2 Å². The minimum absolute atomic E-state index is 0.0752. The molecular formula is C33H52O6Si2. The molecule has 2 aromatic rings. The Kier molecular flexibility index (Phi) is 11.4. The van der Waals surface area contributed by atoms with Crippen molar-refractivity contribution in [1.82, 2.24) is 0 Å². The average Bonchev–Trinajstić information content (AvgIpc) is 2.85. The second kappa shape index (κ2) is 13.5. The van der Waals surface area contributed by atoms with E-state index in [0.717, 1.165) is 22.6 Å². The van der Waals surface area contributed by atoms with E-state index in [9.17, 15) is 9.90 Å². The summed E-state index contributed by atoms with van der Waals surface area (Å²) in [6, 6.07) is 11.7. The first-order valence-corrected chi connectivity index (χ1v) is 20.3. The van der Waals surface area contributed by atoms with Crippen LogP contribution in [0.25, 0.3) is 0 Å². The van der Waals surface area contributed by atoms with Gasteiger partial charge < -0.3 is 23.4 Å². The molecule has 2 rings (SSSR count). The molecule has 6 nitrogen and oxygen atoms in total. The Bertz CT molecular complexity index is 1220. The van der Waals surface area contributed by atoms with Crippen LogP contribution in [0.15, 0.2) is 48.2 Å². The van der Waals surface area contributed by atoms with Gasteiger partial charge in [-0.1, -0.05) is 53.7 Å². The van der Waals surface area contributed by atoms with Gasteiger partial charge in [-0.3, -0.25) is 4.79 Å². The van der Waals surface area contributed by atoms with Gasteiger partial charge in [-0.25, -0.2) is 0 Å². The molecule has 2 aromatic carbocycles. The molecule has 0 aliphatic rings. The minimum Gasteiger partial charge on any atom is -0.541 e. The number of aliphatic hydroxyl groups excluding tert-OH is 1. The van der Waals surface area contributed by atoms with Crippen LogP contribution in [0, 0.1) is 0 Å². The number of carbonyl (C=O) groups excluding carboxylic acids is 1. The van der Waals surface area contributed by atoms with Crippen LogP contribution >= 0.6 is 0 Å². The van der Waals surface area contributed by atoms with Crippen molar-refractivity contribution in [3.63, 3.8) is 0 Å². The first-order chi connectivity index (χ1) is 18.8. The van der Waals surface area contributed by atoms with Gasteiger partial charge >= 0.3 is 0 Å². The Morgan fingerprint density at radius 2 is 1.10 bits per heavy atom. The Balaban J connectivity index is 1.98. The third-order valence-electron chi connectivity index (χ3n) is 8.46. The smallest absolute Gasteiger partial charge is 0.250 e. The van der Waals surface area contributed by atoms with Crippen LogP contribution in [0.2, 0.25) is 36.3 Å². The fourth-order valence-electron chi connectivity index (χ4n) is 3.63. The number of rotatable bonds is 13. The Morgan fingerprint density at radius 1 is 0.707 bits per heavy atom. The Labute approximate surface area is 250 Å². The zero-order valence-corrected chi connectivity index (χ0v) is 29.4. The zero-order valence-electron chi connectivity index (χ0n) is 27.4. The number of hydrogen-bond donors (Lipinski definition) is 1. The molecule has 8 heteroatoms. The van der Waals surface area contributed by atoms with Crippen LogP contribution in [0.5, 0.6) is 23.0 Å². The standard InChI is InChI=1S/C33H52O6Si2/c1-32(2,3)40(9,10)38-28-19-15-24(21-30(28)36-7)13-17-26(34)23-27(35)18-14-25-16-20-29(31(22-25)37-8)39-41(11,12)33(4,5)6/h15-16,19-23,34H,13-14,17-18H2,1-12H3. The maximum Gasteiger partial charge on any atom is 0.250 e. The van der Waals surface area contributed by atoms with Crippen molar-refractivity contribution in [3.8, 4) is 23.0 Å². The first kappa shape index (κ1) is 34.5. The predicted molar refractivity (Wildman–Crippen MR) is 174 cm³/mol. The number of hydrogen-bond acceptors (Lipinski definition) is 6. The molecule has 0 fully saturated rings. The van der Waals surface area contributed by atoms with Gasteiger partial charge in [-0.2, -0.15) is 0 Å². The number of aliphatic hydroxyl groups is 1. The van der Waals surface area contributed by atoms with Crippen LogP contribution < -0.4 is 18.3 Å². The lowest BCUT2D eigenvalue weighted by atomic mass is 10.0. The van der Waals surface area contributed by atoms with Gasteiger partial charge in [0.15, 0.2) is 17.3 Å². The van der Waals surface area contributed by atoms with Crippen LogP contribution in [-0.4, -0.2) is 41.7 Å². The molecule has 0 bridgehead atoms. The molecule has 0 aliphatic carbocycles. The number of ketones is 1. The molecule has 0 aliphatic heterocycles. The van der Waals surface area contributed by atoms with Crippen LogP contribution in [0.3, 0.4) is 0 Å². The molecule has 228 valence electrons. The number of ether oxygens (including phenoxy) is 2. The van der Waals surface area contributed by atoms with Crippen molar-refractivity contribution in [3.05, 3.63) is 59.4 Å². The third-order valence-corrected chi connectivity index (χ3v) is 17.1. The zero-order chi connectivity index (χ0) is 31.2. The van der Waals surface area contributed by atoms with Crippen molar-refractivity contribution in [2.45, 2.75) is 103 Å². The summed E-state index contributed by atoms with van der Waals surface area (Å²) in [5.41, 5.74) is 1.99. The van der Waals surface area contributed by atoms with Gasteiger partial charge in [0.25, 0.3) is 16.6 Å². The normalized spacial score (nSPS) is 13.1. The monoisotopic (exact) mass is 600 g/mol. The minimum atomic E-state index is -2.00. The maximum absolute atomic E-state index is 12.6. The van der Waals surface area contributed by atoms with Gasteiger partial charge in [-0.05, 0) is 84.5 Å². The number of benzene rings is 2. The molecule has 0 heterocycles. The van der Waals surface area contributed by atoms with Gasteiger partial charge in [0.2, 0.25) is 0 Å². The number of carbonyl (C=O) groups is 1. The lowest BCUT2D eigenvalue weighted by Gasteiger charge is -2.36. The summed E-state index contributed by atoms with van der Waals surface area (Å²) in [5, 5.41) is 10.6. The molecule has 0 amide bonds. The molecule has 0 unspecified atom stereocenters. The maximum atomic E-state index is 12.6. The van der Waals surface area contributed by atoms with Gasteiger partial charge in [0.05, 0.1) is 20.0 Å². The summed E-state index contributed by atoms with van der Waals surface area (Å²) >= 11 is 0. The highest BCUT2D eigenvalue weighted by Crippen LogP contribution is 2.41. The van der Waals surface area contributed by atoms with Crippen LogP contribution in [-0.2, 0) is 17.6 Å². The van der Waals surface area contributed by atoms with E-state index in [4.69, 9.17) is 18.3 Å². The fourth-order valence-corrected chi connectivity index (χ4v) is 5.68. The van der Waals surface area contributed by atoms with Crippen LogP contribution in [0.1, 0.15) is 65.5 Å². The summed E-state index contributed by atoms with van der Waals surface area (Å²) in [6.45, 7) is 22.0. The van der Waals surface area contributed by atoms with E-state index in [2.05, 4.69) is 67.7 Å². The lowest BCUT2D eigenvalue weighted by Crippen LogP contribution is -2.43. The quantitative estimate of drug-likeness (QED) is 0.140. The van der Waals surface area contributed by atoms with Gasteiger partial charge in [-0.15, -0.1) is 0 Å². The van der Waals surface area contributed by atoms with Gasteiger partial charge in [0, 0.05) is 18.9 Å². The molecule has 1 N–H and O–H groups in total. The van der Waals surface area contributed by atoms with Crippen molar-refractivity contribution < 1.29 is 28.2 Å². The topological polar surface area (TPSA) is 74.2 Å². The summed E-state index contributed by atoms with van der Waals surface area (Å²) in [4.78, 5) is 12.6.